The van der Waals surface area contributed by atoms with Gasteiger partial charge in [-0.3, -0.25) is 4.98 Å². The van der Waals surface area contributed by atoms with E-state index in [4.69, 9.17) is 5.11 Å². The first kappa shape index (κ1) is 11.1. The van der Waals surface area contributed by atoms with E-state index >= 15 is 0 Å². The van der Waals surface area contributed by atoms with Crippen molar-refractivity contribution in [2.45, 2.75) is 25.8 Å². The van der Waals surface area contributed by atoms with E-state index in [9.17, 15) is 0 Å². The largest absolute Gasteiger partial charge is 0.396 e. The molecule has 0 fully saturated rings. The van der Waals surface area contributed by atoms with Gasteiger partial charge in [0.05, 0.1) is 5.69 Å². The van der Waals surface area contributed by atoms with Gasteiger partial charge in [-0.05, 0) is 37.9 Å². The Hall–Kier alpha value is -0.930. The number of aliphatic hydroxyl groups excluding tert-OH is 1. The smallest absolute Gasteiger partial charge is 0.0541 e. The van der Waals surface area contributed by atoms with Crippen LogP contribution in [-0.2, 0) is 6.54 Å². The molecule has 1 heterocycles. The third-order valence-electron chi connectivity index (χ3n) is 2.04. The molecule has 0 aliphatic rings. The van der Waals surface area contributed by atoms with Gasteiger partial charge >= 0.3 is 0 Å². The Kier molecular flexibility index (Phi) is 5.95. The standard InChI is InChI=1S/C11H18N2O/c14-9-5-1-3-7-12-10-11-6-2-4-8-13-11/h2,4,6,8,12,14H,1,3,5,7,9-10H2. The first-order valence-corrected chi connectivity index (χ1v) is 5.15. The molecule has 0 atom stereocenters. The predicted molar refractivity (Wildman–Crippen MR) is 56.9 cm³/mol. The van der Waals surface area contributed by atoms with Gasteiger partial charge in [-0.15, -0.1) is 0 Å². The number of nitrogens with one attached hydrogen (secondary N) is 1. The first-order chi connectivity index (χ1) is 6.93. The molecule has 0 unspecified atom stereocenters. The van der Waals surface area contributed by atoms with E-state index in [1.165, 1.54) is 0 Å². The van der Waals surface area contributed by atoms with Gasteiger partial charge in [-0.1, -0.05) is 6.07 Å². The normalized spacial score (nSPS) is 10.4. The lowest BCUT2D eigenvalue weighted by Gasteiger charge is -2.03. The van der Waals surface area contributed by atoms with Crippen LogP contribution in [0.25, 0.3) is 0 Å². The number of hydrogen-bond donors (Lipinski definition) is 2. The van der Waals surface area contributed by atoms with Crippen molar-refractivity contribution >= 4 is 0 Å². The van der Waals surface area contributed by atoms with Gasteiger partial charge in [0.25, 0.3) is 0 Å². The minimum atomic E-state index is 0.306. The van der Waals surface area contributed by atoms with Gasteiger partial charge in [0.1, 0.15) is 0 Å². The van der Waals surface area contributed by atoms with Gasteiger partial charge in [0, 0.05) is 19.3 Å². The zero-order chi connectivity index (χ0) is 10.1. The Bertz CT molecular complexity index is 226. The summed E-state index contributed by atoms with van der Waals surface area (Å²) in [4.78, 5) is 4.21. The van der Waals surface area contributed by atoms with Crippen LogP contribution >= 0.6 is 0 Å². The molecule has 1 aromatic heterocycles. The number of unbranched alkanes of at least 4 members (excludes halogenated alkanes) is 2. The van der Waals surface area contributed by atoms with Crippen molar-refractivity contribution < 1.29 is 5.11 Å². The van der Waals surface area contributed by atoms with Crippen LogP contribution in [0, 0.1) is 0 Å². The number of hydrogen-bond acceptors (Lipinski definition) is 3. The van der Waals surface area contributed by atoms with E-state index in [0.717, 1.165) is 38.0 Å². The Morgan fingerprint density at radius 2 is 2.14 bits per heavy atom. The summed E-state index contributed by atoms with van der Waals surface area (Å²) in [7, 11) is 0. The van der Waals surface area contributed by atoms with Crippen LogP contribution < -0.4 is 5.32 Å². The molecular formula is C11H18N2O. The highest BCUT2D eigenvalue weighted by Crippen LogP contribution is 1.94. The van der Waals surface area contributed by atoms with E-state index in [2.05, 4.69) is 10.3 Å². The lowest BCUT2D eigenvalue weighted by Crippen LogP contribution is -2.15. The van der Waals surface area contributed by atoms with Crippen LogP contribution in [0.2, 0.25) is 0 Å². The van der Waals surface area contributed by atoms with E-state index in [1.54, 1.807) is 0 Å². The quantitative estimate of drug-likeness (QED) is 0.644. The second-order valence-corrected chi connectivity index (χ2v) is 3.28. The highest BCUT2D eigenvalue weighted by molar-refractivity contribution is 5.02. The summed E-state index contributed by atoms with van der Waals surface area (Å²) >= 11 is 0. The third kappa shape index (κ3) is 4.94. The van der Waals surface area contributed by atoms with Gasteiger partial charge < -0.3 is 10.4 Å². The second kappa shape index (κ2) is 7.47. The molecule has 3 nitrogen and oxygen atoms in total. The summed E-state index contributed by atoms with van der Waals surface area (Å²) in [5.41, 5.74) is 1.08. The van der Waals surface area contributed by atoms with Crippen LogP contribution in [0.4, 0.5) is 0 Å². The average molecular weight is 194 g/mol. The van der Waals surface area contributed by atoms with Crippen LogP contribution in [0.5, 0.6) is 0 Å². The molecule has 0 spiro atoms. The van der Waals surface area contributed by atoms with Crippen molar-refractivity contribution in [3.05, 3.63) is 30.1 Å². The maximum atomic E-state index is 8.57. The molecule has 0 aliphatic carbocycles. The second-order valence-electron chi connectivity index (χ2n) is 3.28. The summed E-state index contributed by atoms with van der Waals surface area (Å²) in [6, 6.07) is 5.93. The molecule has 0 saturated heterocycles. The minimum Gasteiger partial charge on any atom is -0.396 e. The molecule has 0 aliphatic heterocycles. The first-order valence-electron chi connectivity index (χ1n) is 5.15. The zero-order valence-corrected chi connectivity index (χ0v) is 8.45. The highest BCUT2D eigenvalue weighted by Gasteiger charge is 1.91. The lowest BCUT2D eigenvalue weighted by atomic mass is 10.2. The van der Waals surface area contributed by atoms with E-state index < -0.39 is 0 Å². The fraction of sp³-hybridized carbons (Fsp3) is 0.545. The molecule has 14 heavy (non-hydrogen) atoms. The molecule has 2 N–H and O–H groups in total. The topological polar surface area (TPSA) is 45.1 Å². The van der Waals surface area contributed by atoms with Crippen molar-refractivity contribution in [1.82, 2.24) is 10.3 Å². The lowest BCUT2D eigenvalue weighted by molar-refractivity contribution is 0.283. The fourth-order valence-electron chi connectivity index (χ4n) is 1.26. The number of pyridine rings is 1. The monoisotopic (exact) mass is 194 g/mol. The molecule has 0 aromatic carbocycles. The number of aromatic nitrogens is 1. The Morgan fingerprint density at radius 1 is 1.21 bits per heavy atom. The maximum absolute atomic E-state index is 8.57. The van der Waals surface area contributed by atoms with Crippen molar-refractivity contribution in [1.29, 1.82) is 0 Å². The molecular weight excluding hydrogens is 176 g/mol. The molecule has 0 amide bonds. The molecule has 0 saturated carbocycles. The van der Waals surface area contributed by atoms with E-state index in [0.29, 0.717) is 6.61 Å². The minimum absolute atomic E-state index is 0.306. The zero-order valence-electron chi connectivity index (χ0n) is 8.45. The Morgan fingerprint density at radius 3 is 2.86 bits per heavy atom. The number of aliphatic hydroxyl groups is 1. The molecule has 0 bridgehead atoms. The SMILES string of the molecule is OCCCCCNCc1ccccn1. The average Bonchev–Trinajstić information content (AvgIpc) is 2.25. The van der Waals surface area contributed by atoms with Crippen LogP contribution in [0.3, 0.4) is 0 Å². The predicted octanol–water partition coefficient (Wildman–Crippen LogP) is 1.33. The Balaban J connectivity index is 1.99. The summed E-state index contributed by atoms with van der Waals surface area (Å²) in [6.45, 7) is 2.14. The molecule has 1 aromatic rings. The van der Waals surface area contributed by atoms with Crippen molar-refractivity contribution in [2.24, 2.45) is 0 Å². The summed E-state index contributed by atoms with van der Waals surface area (Å²) in [5, 5.41) is 11.9. The van der Waals surface area contributed by atoms with Crippen molar-refractivity contribution in [3.63, 3.8) is 0 Å². The van der Waals surface area contributed by atoms with E-state index in [1.807, 2.05) is 24.4 Å². The molecule has 3 heteroatoms. The van der Waals surface area contributed by atoms with Gasteiger partial charge in [-0.2, -0.15) is 0 Å². The van der Waals surface area contributed by atoms with Crippen LogP contribution in [0.15, 0.2) is 24.4 Å². The highest BCUT2D eigenvalue weighted by atomic mass is 16.2. The van der Waals surface area contributed by atoms with Crippen LogP contribution in [-0.4, -0.2) is 23.2 Å². The van der Waals surface area contributed by atoms with Gasteiger partial charge in [-0.25, -0.2) is 0 Å². The van der Waals surface area contributed by atoms with Gasteiger partial charge in [0.15, 0.2) is 0 Å². The third-order valence-corrected chi connectivity index (χ3v) is 2.04. The fourth-order valence-corrected chi connectivity index (χ4v) is 1.26. The maximum Gasteiger partial charge on any atom is 0.0541 e. The van der Waals surface area contributed by atoms with E-state index in [-0.39, 0.29) is 0 Å². The number of nitrogens with zero attached hydrogens (tertiary/aromatic N) is 1. The van der Waals surface area contributed by atoms with Crippen molar-refractivity contribution in [3.8, 4) is 0 Å². The van der Waals surface area contributed by atoms with Crippen LogP contribution in [0.1, 0.15) is 25.0 Å². The van der Waals surface area contributed by atoms with Gasteiger partial charge in [0.2, 0.25) is 0 Å². The molecule has 0 radical (unpaired) electrons. The molecule has 78 valence electrons. The molecule has 1 rings (SSSR count). The summed E-state index contributed by atoms with van der Waals surface area (Å²) < 4.78 is 0. The summed E-state index contributed by atoms with van der Waals surface area (Å²) in [5.74, 6) is 0. The number of rotatable bonds is 7. The summed E-state index contributed by atoms with van der Waals surface area (Å²) in [6.07, 6.45) is 4.92. The van der Waals surface area contributed by atoms with Crippen molar-refractivity contribution in [2.75, 3.05) is 13.2 Å². The Labute approximate surface area is 85.2 Å².